The summed E-state index contributed by atoms with van der Waals surface area (Å²) >= 11 is 0. The largest absolute Gasteiger partial charge is 4.00 e. The van der Waals surface area contributed by atoms with Crippen molar-refractivity contribution in [2.75, 3.05) is 54.4 Å². The summed E-state index contributed by atoms with van der Waals surface area (Å²) in [4.78, 5) is 8.87. The first-order chi connectivity index (χ1) is 37.5. The Balaban J connectivity index is -0.00000140. The number of hydrogen-bond acceptors (Lipinski definition) is 10. The first kappa shape index (κ1) is 88.4. The van der Waals surface area contributed by atoms with Gasteiger partial charge in [0.2, 0.25) is 0 Å². The predicted molar refractivity (Wildman–Crippen MR) is 349 cm³/mol. The second-order valence-electron chi connectivity index (χ2n) is 33.2. The molecule has 4 rings (SSSR count). The molecule has 11 nitrogen and oxygen atoms in total. The minimum absolute atomic E-state index is 0. The number of likely N-dealkylation sites (N-methyl/N-ethyl adjacent to an activating group) is 2. The smallest absolute Gasteiger partial charge is 2.00 e. The third kappa shape index (κ3) is 30.0. The Morgan fingerprint density at radius 3 is 0.563 bits per heavy atom. The summed E-state index contributed by atoms with van der Waals surface area (Å²) in [5.74, 6) is 0.506. The molecule has 0 spiro atoms. The van der Waals surface area contributed by atoms with E-state index in [1.54, 1.807) is 27.7 Å². The molecule has 0 atom stereocenters. The molecule has 13 heteroatoms. The summed E-state index contributed by atoms with van der Waals surface area (Å²) in [6, 6.07) is 16.8. The van der Waals surface area contributed by atoms with Gasteiger partial charge in [0.25, 0.3) is 0 Å². The van der Waals surface area contributed by atoms with Crippen molar-refractivity contribution >= 4 is 0 Å². The molecule has 0 heterocycles. The molecule has 0 amide bonds. The van der Waals surface area contributed by atoms with Crippen molar-refractivity contribution < 1.29 is 79.6 Å². The molecule has 4 aromatic carbocycles. The van der Waals surface area contributed by atoms with Gasteiger partial charge < -0.3 is 45.9 Å². The maximum Gasteiger partial charge on any atom is 4.00 e. The minimum atomic E-state index is -0.417. The van der Waals surface area contributed by atoms with Crippen LogP contribution in [0, 0.1) is 0 Å². The van der Waals surface area contributed by atoms with E-state index in [1.165, 1.54) is 22.3 Å². The average molecular weight is 1280 g/mol. The molecule has 0 aliphatic carbocycles. The second-order valence-corrected chi connectivity index (χ2v) is 33.2. The van der Waals surface area contributed by atoms with Crippen LogP contribution in [-0.2, 0) is 118 Å². The Kier molecular flexibility index (Phi) is 35.3. The van der Waals surface area contributed by atoms with Crippen LogP contribution in [0.5, 0.6) is 23.0 Å². The topological polar surface area (TPSA) is 180 Å². The molecule has 0 aliphatic heterocycles. The first-order valence-electron chi connectivity index (χ1n) is 30.9. The van der Waals surface area contributed by atoms with Crippen LogP contribution in [0.15, 0.2) is 48.5 Å². The van der Waals surface area contributed by atoms with E-state index in [0.717, 1.165) is 70.7 Å². The fourth-order valence-corrected chi connectivity index (χ4v) is 9.26. The fourth-order valence-electron chi connectivity index (χ4n) is 9.26. The minimum Gasteiger partial charge on any atom is -2.00 e. The van der Waals surface area contributed by atoms with E-state index in [-0.39, 0.29) is 115 Å². The van der Waals surface area contributed by atoms with Crippen LogP contribution in [0.25, 0.3) is 0 Å². The van der Waals surface area contributed by atoms with Crippen LogP contribution in [0.1, 0.15) is 261 Å². The molecule has 0 radical (unpaired) electrons. The molecule has 0 saturated carbocycles. The van der Waals surface area contributed by atoms with Crippen molar-refractivity contribution in [1.82, 2.24) is 19.6 Å². The van der Waals surface area contributed by atoms with Crippen LogP contribution < -0.4 is 30.6 Å². The van der Waals surface area contributed by atoms with Crippen LogP contribution in [0.3, 0.4) is 0 Å². The number of hydrogen-bond donors (Lipinski definition) is 0. The maximum absolute atomic E-state index is 13.8. The monoisotopic (exact) mass is 1270 g/mol. The van der Waals surface area contributed by atoms with Crippen molar-refractivity contribution in [1.29, 1.82) is 0 Å². The van der Waals surface area contributed by atoms with E-state index in [0.29, 0.717) is 26.2 Å². The van der Waals surface area contributed by atoms with Crippen LogP contribution in [0.4, 0.5) is 0 Å². The van der Waals surface area contributed by atoms with Gasteiger partial charge in [-0.1, -0.05) is 242 Å². The van der Waals surface area contributed by atoms with Crippen LogP contribution in [-0.4, -0.2) is 86.2 Å². The van der Waals surface area contributed by atoms with Crippen LogP contribution in [0.2, 0.25) is 0 Å². The maximum atomic E-state index is 13.8. The van der Waals surface area contributed by atoms with E-state index < -0.39 is 12.2 Å². The second kappa shape index (κ2) is 34.8. The van der Waals surface area contributed by atoms with Crippen molar-refractivity contribution in [3.05, 3.63) is 115 Å². The van der Waals surface area contributed by atoms with Gasteiger partial charge in [-0.2, -0.15) is 0 Å². The van der Waals surface area contributed by atoms with Gasteiger partial charge in [0.05, 0.1) is 0 Å². The molecule has 0 fully saturated rings. The van der Waals surface area contributed by atoms with Gasteiger partial charge in [-0.25, -0.2) is 0 Å². The third-order valence-corrected chi connectivity index (χ3v) is 14.7. The number of benzene rings is 4. The normalized spacial score (nSPS) is 12.7. The Morgan fingerprint density at radius 2 is 0.448 bits per heavy atom. The van der Waals surface area contributed by atoms with E-state index in [4.69, 9.17) is 0 Å². The zero-order valence-electron chi connectivity index (χ0n) is 61.1. The van der Waals surface area contributed by atoms with Crippen LogP contribution >= 0.6 is 0 Å². The standard InChI is InChI=1S/2C34H56N2O2.2C3H7O.O.2Ti/c2*1-31(2,3)25-17-23(29(37)27(19-25)33(7,8)9)21-36(16-15-35(13)14)22-24-18-26(32(4,5)6)20-28(30(24)38)34(10,11)12;2*1-3(2)4;;;/h2*17-20,37-38H,15-16,21-22H2,1-14H3;2*3H,1-2H3;;;/q;;2*-1;-2;2*+4/p-4. The van der Waals surface area contributed by atoms with Gasteiger partial charge in [0.15, 0.2) is 0 Å². The van der Waals surface area contributed by atoms with Crippen molar-refractivity contribution in [3.8, 4) is 23.0 Å². The molecule has 488 valence electrons. The number of rotatable bonds is 14. The summed E-state index contributed by atoms with van der Waals surface area (Å²) in [5, 5.41) is 74.1. The molecule has 87 heavy (non-hydrogen) atoms. The van der Waals surface area contributed by atoms with Gasteiger partial charge in [0, 0.05) is 52.4 Å². The molecule has 0 aromatic heterocycles. The summed E-state index contributed by atoms with van der Waals surface area (Å²) in [6.07, 6.45) is -0.833. The summed E-state index contributed by atoms with van der Waals surface area (Å²) < 4.78 is 0. The summed E-state index contributed by atoms with van der Waals surface area (Å²) in [5.41, 5.74) is 10.2. The molecule has 4 aromatic rings. The van der Waals surface area contributed by atoms with Gasteiger partial charge in [-0.05, 0) is 138 Å². The zero-order chi connectivity index (χ0) is 66.0. The molecule has 0 bridgehead atoms. The van der Waals surface area contributed by atoms with Gasteiger partial charge >= 0.3 is 43.4 Å². The van der Waals surface area contributed by atoms with E-state index in [1.807, 2.05) is 0 Å². The molecule has 0 unspecified atom stereocenters. The van der Waals surface area contributed by atoms with Gasteiger partial charge in [-0.3, -0.25) is 9.80 Å². The van der Waals surface area contributed by atoms with Crippen molar-refractivity contribution in [3.63, 3.8) is 0 Å². The molecule has 0 saturated heterocycles. The Labute approximate surface area is 563 Å². The number of nitrogens with zero attached hydrogens (tertiary/aromatic N) is 4. The van der Waals surface area contributed by atoms with Gasteiger partial charge in [0.1, 0.15) is 0 Å². The van der Waals surface area contributed by atoms with Crippen molar-refractivity contribution in [2.45, 2.75) is 276 Å². The quantitative estimate of drug-likeness (QED) is 0.110. The zero-order valence-corrected chi connectivity index (χ0v) is 64.2. The summed E-state index contributed by atoms with van der Waals surface area (Å²) in [7, 11) is 8.25. The Morgan fingerprint density at radius 1 is 0.299 bits per heavy atom. The van der Waals surface area contributed by atoms with E-state index >= 15 is 0 Å². The van der Waals surface area contributed by atoms with E-state index in [9.17, 15) is 30.6 Å². The molecular weight excluding hydrogens is 1150 g/mol. The predicted octanol–water partition coefficient (Wildman–Crippen LogP) is 12.6. The molecular formula is C74H122N4O7Ti2. The first-order valence-corrected chi connectivity index (χ1v) is 30.9. The third-order valence-electron chi connectivity index (χ3n) is 14.7. The van der Waals surface area contributed by atoms with Crippen molar-refractivity contribution in [2.24, 2.45) is 0 Å². The Hall–Kier alpha value is -2.77. The summed E-state index contributed by atoms with van der Waals surface area (Å²) in [6.45, 7) is 63.4. The van der Waals surface area contributed by atoms with Gasteiger partial charge in [-0.15, -0.1) is 35.2 Å². The fraction of sp³-hybridized carbons (Fsp3) is 0.676. The molecule has 0 aliphatic rings. The van der Waals surface area contributed by atoms with E-state index in [2.05, 4.69) is 262 Å². The Bertz CT molecular complexity index is 2340. The molecule has 0 N–H and O–H groups in total. The SMILES string of the molecule is CC(C)[O-].CC(C)[O-].CN(C)CCN(Cc1cc(C(C)(C)C)cc(C(C)(C)C)c1[O-])Cc1cc(C(C)(C)C)cc(C(C)(C)C)c1[O-].CN(C)CCN(Cc1cc(C(C)(C)C)cc(C(C)(C)C)c1[O-])Cc1cc(C(C)(C)C)cc(C(C)(C)C)c1[O-].[O-2].[Ti+4].[Ti+4]. The average Bonchev–Trinajstić information content (AvgIpc) is 3.26.